The van der Waals surface area contributed by atoms with Gasteiger partial charge in [0.1, 0.15) is 18.9 Å². The molecule has 1 fully saturated rings. The molecule has 2 amide bonds. The number of hydrogen-bond donors (Lipinski definition) is 0. The highest BCUT2D eigenvalue weighted by Gasteiger charge is 2.61. The van der Waals surface area contributed by atoms with E-state index in [2.05, 4.69) is 32.8 Å². The number of thiazole rings is 1. The van der Waals surface area contributed by atoms with Crippen molar-refractivity contribution in [2.75, 3.05) is 19.8 Å². The van der Waals surface area contributed by atoms with E-state index in [1.807, 2.05) is 32.2 Å². The maximum atomic E-state index is 13.4. The number of nitrogens with zero attached hydrogens (tertiary/aromatic N) is 3. The molecule has 4 rings (SSSR count). The van der Waals surface area contributed by atoms with Crippen molar-refractivity contribution in [2.24, 2.45) is 11.8 Å². The van der Waals surface area contributed by atoms with E-state index < -0.39 is 14.3 Å². The molecule has 222 valence electrons. The molecule has 0 radical (unpaired) electrons. The van der Waals surface area contributed by atoms with E-state index in [-0.39, 0.29) is 55.2 Å². The average Bonchev–Trinajstić information content (AvgIpc) is 3.46. The van der Waals surface area contributed by atoms with Gasteiger partial charge in [-0.2, -0.15) is 0 Å². The monoisotopic (exact) mass is 617 g/mol. The van der Waals surface area contributed by atoms with Crippen LogP contribution in [0.5, 0.6) is 0 Å². The van der Waals surface area contributed by atoms with E-state index in [9.17, 15) is 14.4 Å². The zero-order chi connectivity index (χ0) is 30.1. The van der Waals surface area contributed by atoms with Crippen molar-refractivity contribution in [3.8, 4) is 0 Å². The quantitative estimate of drug-likeness (QED) is 0.135. The number of thioether (sulfide) groups is 1. The molecule has 5 atom stereocenters. The Morgan fingerprint density at radius 3 is 2.54 bits per heavy atom. The SMILES string of the molecule is C=CCOC(=O)C1=C(Sc2nc(C3=C[C@@H](C)N(C(=O)OCC=C)CC3)cs2)[C@H](C)[C@@H]2[C@@H]([C@@H](C)O[Si](C)(C)C)C(=O)N12. The summed E-state index contributed by atoms with van der Waals surface area (Å²) in [6, 6.07) is -0.305. The molecule has 0 unspecified atom stereocenters. The van der Waals surface area contributed by atoms with Crippen LogP contribution in [-0.2, 0) is 23.5 Å². The average molecular weight is 618 g/mol. The molecular weight excluding hydrogens is 579 g/mol. The molecule has 41 heavy (non-hydrogen) atoms. The molecule has 1 aromatic heterocycles. The van der Waals surface area contributed by atoms with Crippen molar-refractivity contribution >= 4 is 55.0 Å². The number of amides is 2. The maximum absolute atomic E-state index is 13.4. The number of carbonyl (C=O) groups excluding carboxylic acids is 3. The normalized spacial score (nSPS) is 24.8. The zero-order valence-electron chi connectivity index (χ0n) is 24.5. The summed E-state index contributed by atoms with van der Waals surface area (Å²) in [7, 11) is -1.87. The van der Waals surface area contributed by atoms with Crippen LogP contribution < -0.4 is 0 Å². The Morgan fingerprint density at radius 1 is 1.22 bits per heavy atom. The molecule has 9 nitrogen and oxygen atoms in total. The van der Waals surface area contributed by atoms with Gasteiger partial charge in [-0.1, -0.05) is 50.1 Å². The number of rotatable bonds is 11. The summed E-state index contributed by atoms with van der Waals surface area (Å²) in [6.45, 7) is 20.3. The molecule has 12 heteroatoms. The molecule has 0 N–H and O–H groups in total. The van der Waals surface area contributed by atoms with E-state index in [4.69, 9.17) is 18.9 Å². The Hall–Kier alpha value is -2.67. The summed E-state index contributed by atoms with van der Waals surface area (Å²) < 4.78 is 17.7. The fourth-order valence-corrected chi connectivity index (χ4v) is 8.98. The van der Waals surface area contributed by atoms with Crippen LogP contribution in [0, 0.1) is 11.8 Å². The van der Waals surface area contributed by atoms with Crippen molar-refractivity contribution in [3.05, 3.63) is 53.1 Å². The third-order valence-electron chi connectivity index (χ3n) is 7.28. The molecule has 3 aliphatic rings. The molecule has 0 aromatic carbocycles. The zero-order valence-corrected chi connectivity index (χ0v) is 27.2. The number of esters is 1. The maximum Gasteiger partial charge on any atom is 0.410 e. The molecule has 1 saturated heterocycles. The molecule has 0 spiro atoms. The van der Waals surface area contributed by atoms with E-state index >= 15 is 0 Å². The number of ether oxygens (including phenoxy) is 2. The van der Waals surface area contributed by atoms with E-state index in [0.717, 1.165) is 20.5 Å². The predicted molar refractivity (Wildman–Crippen MR) is 164 cm³/mol. The third-order valence-corrected chi connectivity index (χ3v) is 10.6. The lowest BCUT2D eigenvalue weighted by atomic mass is 9.79. The van der Waals surface area contributed by atoms with Crippen molar-refractivity contribution < 1.29 is 28.3 Å². The second-order valence-electron chi connectivity index (χ2n) is 11.4. The van der Waals surface area contributed by atoms with Crippen LogP contribution in [-0.4, -0.2) is 79.0 Å². The lowest BCUT2D eigenvalue weighted by molar-refractivity contribution is -0.163. The lowest BCUT2D eigenvalue weighted by Gasteiger charge is -2.48. The standard InChI is InChI=1S/C29H39N3O6S2Si/c1-9-13-36-27(34)24-25(18(4)23-22(26(33)32(23)24)19(5)38-41(6,7)8)40-28-30-21(16-39-28)20-11-12-31(17(3)15-20)29(35)37-14-10-2/h9-10,15-19,22-23H,1-2,11-14H2,3-8H3/t17-,18-,19-,22-,23-/m1/s1. The largest absolute Gasteiger partial charge is 0.457 e. The first-order valence-corrected chi connectivity index (χ1v) is 18.9. The number of fused-ring (bicyclic) bond motifs is 1. The van der Waals surface area contributed by atoms with Gasteiger partial charge < -0.3 is 23.7 Å². The summed E-state index contributed by atoms with van der Waals surface area (Å²) >= 11 is 2.91. The predicted octanol–water partition coefficient (Wildman–Crippen LogP) is 5.69. The molecule has 3 aliphatic heterocycles. The summed E-state index contributed by atoms with van der Waals surface area (Å²) in [6.07, 6.45) is 5.15. The van der Waals surface area contributed by atoms with Gasteiger partial charge >= 0.3 is 12.1 Å². The Labute approximate surface area is 251 Å². The summed E-state index contributed by atoms with van der Waals surface area (Å²) in [5, 5.41) is 2.00. The van der Waals surface area contributed by atoms with Gasteiger partial charge in [0, 0.05) is 22.7 Å². The Balaban J connectivity index is 1.55. The van der Waals surface area contributed by atoms with Gasteiger partial charge in [-0.3, -0.25) is 4.79 Å². The van der Waals surface area contributed by atoms with Gasteiger partial charge in [0.15, 0.2) is 12.7 Å². The molecular formula is C29H39N3O6S2Si. The van der Waals surface area contributed by atoms with Crippen molar-refractivity contribution in [2.45, 2.75) is 69.4 Å². The molecule has 4 heterocycles. The summed E-state index contributed by atoms with van der Waals surface area (Å²) in [4.78, 5) is 47.9. The van der Waals surface area contributed by atoms with E-state index in [1.54, 1.807) is 15.9 Å². The molecule has 0 saturated carbocycles. The molecule has 1 aromatic rings. The smallest absolute Gasteiger partial charge is 0.410 e. The van der Waals surface area contributed by atoms with Crippen LogP contribution in [0.15, 0.2) is 51.7 Å². The first-order valence-electron chi connectivity index (χ1n) is 13.8. The Bertz CT molecular complexity index is 1290. The highest BCUT2D eigenvalue weighted by Crippen LogP contribution is 2.53. The number of hydrogen-bond acceptors (Lipinski definition) is 9. The summed E-state index contributed by atoms with van der Waals surface area (Å²) in [5.41, 5.74) is 2.20. The number of aromatic nitrogens is 1. The van der Waals surface area contributed by atoms with E-state index in [1.165, 1.54) is 29.2 Å². The van der Waals surface area contributed by atoms with Crippen LogP contribution in [0.3, 0.4) is 0 Å². The van der Waals surface area contributed by atoms with Crippen LogP contribution in [0.25, 0.3) is 5.57 Å². The second-order valence-corrected chi connectivity index (χ2v) is 18.0. The van der Waals surface area contributed by atoms with E-state index in [0.29, 0.717) is 18.7 Å². The molecule has 0 aliphatic carbocycles. The van der Waals surface area contributed by atoms with Crippen LogP contribution in [0.1, 0.15) is 32.9 Å². The second kappa shape index (κ2) is 12.7. The minimum atomic E-state index is -1.87. The molecule has 0 bridgehead atoms. The van der Waals surface area contributed by atoms with Crippen molar-refractivity contribution in [1.29, 1.82) is 0 Å². The highest BCUT2D eigenvalue weighted by atomic mass is 32.2. The highest BCUT2D eigenvalue weighted by molar-refractivity contribution is 8.04. The van der Waals surface area contributed by atoms with Gasteiger partial charge in [-0.25, -0.2) is 14.6 Å². The van der Waals surface area contributed by atoms with Gasteiger partial charge in [-0.05, 0) is 45.5 Å². The van der Waals surface area contributed by atoms with Crippen LogP contribution in [0.4, 0.5) is 4.79 Å². The van der Waals surface area contributed by atoms with Gasteiger partial charge in [0.2, 0.25) is 5.91 Å². The van der Waals surface area contributed by atoms with Crippen LogP contribution in [0.2, 0.25) is 19.6 Å². The number of carbonyl (C=O) groups is 3. The third kappa shape index (κ3) is 6.55. The minimum absolute atomic E-state index is 0.0613. The fraction of sp³-hybridized carbons (Fsp3) is 0.517. The first kappa shape index (κ1) is 31.3. The Kier molecular flexibility index (Phi) is 9.67. The minimum Gasteiger partial charge on any atom is -0.457 e. The Morgan fingerprint density at radius 2 is 1.90 bits per heavy atom. The van der Waals surface area contributed by atoms with Gasteiger partial charge in [0.25, 0.3) is 0 Å². The van der Waals surface area contributed by atoms with Crippen LogP contribution >= 0.6 is 23.1 Å². The van der Waals surface area contributed by atoms with Crippen molar-refractivity contribution in [1.82, 2.24) is 14.8 Å². The number of β-lactam (4-membered cyclic amide) rings is 1. The first-order chi connectivity index (χ1) is 19.4. The van der Waals surface area contributed by atoms with Gasteiger partial charge in [-0.15, -0.1) is 11.3 Å². The lowest BCUT2D eigenvalue weighted by Crippen LogP contribution is -2.64. The topological polar surface area (TPSA) is 98.3 Å². The summed E-state index contributed by atoms with van der Waals surface area (Å²) in [5.74, 6) is -1.04. The van der Waals surface area contributed by atoms with Gasteiger partial charge in [0.05, 0.1) is 29.8 Å². The van der Waals surface area contributed by atoms with Crippen molar-refractivity contribution in [3.63, 3.8) is 0 Å². The fourth-order valence-electron chi connectivity index (χ4n) is 5.61.